The Morgan fingerprint density at radius 1 is 1.40 bits per heavy atom. The van der Waals surface area contributed by atoms with Crippen molar-refractivity contribution in [1.29, 1.82) is 0 Å². The molecule has 110 valence electrons. The topological polar surface area (TPSA) is 53.1 Å². The quantitative estimate of drug-likeness (QED) is 0.829. The number of ether oxygens (including phenoxy) is 1. The standard InChI is InChI=1S/C14H19ClFN3O/c1-9(2)20-6-4-3-5-19-13-8-11(16)10(15)7-12(13)18-14(19)17/h7-9H,3-6H2,1-2H3,(H2,17,18). The highest BCUT2D eigenvalue weighted by molar-refractivity contribution is 6.31. The molecule has 0 spiro atoms. The van der Waals surface area contributed by atoms with E-state index in [1.165, 1.54) is 12.1 Å². The third-order valence-corrected chi connectivity index (χ3v) is 3.34. The molecular weight excluding hydrogens is 281 g/mol. The molecule has 0 atom stereocenters. The van der Waals surface area contributed by atoms with Gasteiger partial charge in [-0.1, -0.05) is 11.6 Å². The zero-order valence-electron chi connectivity index (χ0n) is 11.7. The molecule has 2 aromatic rings. The Morgan fingerprint density at radius 2 is 2.15 bits per heavy atom. The van der Waals surface area contributed by atoms with Gasteiger partial charge in [-0.25, -0.2) is 9.37 Å². The van der Waals surface area contributed by atoms with Crippen LogP contribution < -0.4 is 5.73 Å². The third-order valence-electron chi connectivity index (χ3n) is 3.05. The summed E-state index contributed by atoms with van der Waals surface area (Å²) in [4.78, 5) is 4.20. The summed E-state index contributed by atoms with van der Waals surface area (Å²) in [6.07, 6.45) is 2.06. The van der Waals surface area contributed by atoms with Crippen LogP contribution in [-0.2, 0) is 11.3 Å². The summed E-state index contributed by atoms with van der Waals surface area (Å²) >= 11 is 5.74. The molecule has 1 aromatic heterocycles. The second kappa shape index (κ2) is 6.41. The molecule has 0 aliphatic rings. The number of rotatable bonds is 6. The van der Waals surface area contributed by atoms with Crippen molar-refractivity contribution >= 4 is 28.6 Å². The van der Waals surface area contributed by atoms with E-state index in [0.29, 0.717) is 30.1 Å². The number of nitrogens with zero attached hydrogens (tertiary/aromatic N) is 2. The molecule has 0 radical (unpaired) electrons. The Kier molecular flexibility index (Phi) is 4.83. The molecule has 0 bridgehead atoms. The second-order valence-corrected chi connectivity index (χ2v) is 5.41. The van der Waals surface area contributed by atoms with Gasteiger partial charge in [0.2, 0.25) is 5.95 Å². The first-order chi connectivity index (χ1) is 9.49. The molecule has 0 saturated carbocycles. The van der Waals surface area contributed by atoms with Crippen LogP contribution in [0.25, 0.3) is 11.0 Å². The average molecular weight is 300 g/mol. The highest BCUT2D eigenvalue weighted by Gasteiger charge is 2.11. The van der Waals surface area contributed by atoms with Crippen LogP contribution in [-0.4, -0.2) is 22.3 Å². The largest absolute Gasteiger partial charge is 0.379 e. The molecular formula is C14H19ClFN3O. The fourth-order valence-corrected chi connectivity index (χ4v) is 2.22. The van der Waals surface area contributed by atoms with E-state index < -0.39 is 5.82 Å². The van der Waals surface area contributed by atoms with Gasteiger partial charge in [-0.05, 0) is 32.8 Å². The number of anilines is 1. The fraction of sp³-hybridized carbons (Fsp3) is 0.500. The van der Waals surface area contributed by atoms with Crippen LogP contribution in [0.15, 0.2) is 12.1 Å². The highest BCUT2D eigenvalue weighted by atomic mass is 35.5. The summed E-state index contributed by atoms with van der Waals surface area (Å²) < 4.78 is 20.8. The number of unbranched alkanes of at least 4 members (excludes halogenated alkanes) is 1. The number of benzene rings is 1. The first-order valence-corrected chi connectivity index (χ1v) is 7.09. The van der Waals surface area contributed by atoms with Crippen LogP contribution in [0.4, 0.5) is 10.3 Å². The van der Waals surface area contributed by atoms with E-state index in [1.807, 2.05) is 18.4 Å². The van der Waals surface area contributed by atoms with Gasteiger partial charge >= 0.3 is 0 Å². The molecule has 20 heavy (non-hydrogen) atoms. The monoisotopic (exact) mass is 299 g/mol. The molecule has 0 fully saturated rings. The number of nitrogen functional groups attached to an aromatic ring is 1. The Hall–Kier alpha value is -1.33. The lowest BCUT2D eigenvalue weighted by Crippen LogP contribution is -2.07. The summed E-state index contributed by atoms with van der Waals surface area (Å²) in [5.74, 6) is -0.0742. The summed E-state index contributed by atoms with van der Waals surface area (Å²) in [6, 6.07) is 2.88. The molecule has 4 nitrogen and oxygen atoms in total. The second-order valence-electron chi connectivity index (χ2n) is 5.00. The number of aryl methyl sites for hydroxylation is 1. The molecule has 6 heteroatoms. The number of nitrogens with two attached hydrogens (primary N) is 1. The van der Waals surface area contributed by atoms with Crippen LogP contribution in [0.5, 0.6) is 0 Å². The number of fused-ring (bicyclic) bond motifs is 1. The molecule has 1 heterocycles. The zero-order chi connectivity index (χ0) is 14.7. The van der Waals surface area contributed by atoms with Crippen LogP contribution in [0.2, 0.25) is 5.02 Å². The van der Waals surface area contributed by atoms with E-state index in [-0.39, 0.29) is 11.1 Å². The van der Waals surface area contributed by atoms with Crippen molar-refractivity contribution in [2.75, 3.05) is 12.3 Å². The molecule has 1 aromatic carbocycles. The van der Waals surface area contributed by atoms with Crippen molar-refractivity contribution in [1.82, 2.24) is 9.55 Å². The van der Waals surface area contributed by atoms with Crippen molar-refractivity contribution < 1.29 is 9.13 Å². The maximum atomic E-state index is 13.5. The maximum absolute atomic E-state index is 13.5. The zero-order valence-corrected chi connectivity index (χ0v) is 12.5. The summed E-state index contributed by atoms with van der Waals surface area (Å²) in [7, 11) is 0. The Bertz CT molecular complexity index is 598. The molecule has 2 N–H and O–H groups in total. The Morgan fingerprint density at radius 3 is 2.85 bits per heavy atom. The minimum atomic E-state index is -0.455. The summed E-state index contributed by atoms with van der Waals surface area (Å²) in [5.41, 5.74) is 7.16. The van der Waals surface area contributed by atoms with Crippen LogP contribution in [0.3, 0.4) is 0 Å². The normalized spacial score (nSPS) is 11.7. The predicted octanol–water partition coefficient (Wildman–Crippen LogP) is 3.62. The Balaban J connectivity index is 2.06. The number of halogens is 2. The molecule has 0 unspecified atom stereocenters. The number of aromatic nitrogens is 2. The molecule has 2 rings (SSSR count). The van der Waals surface area contributed by atoms with Gasteiger partial charge < -0.3 is 15.0 Å². The minimum absolute atomic E-state index is 0.0625. The lowest BCUT2D eigenvalue weighted by atomic mass is 10.3. The Labute approximate surface area is 122 Å². The maximum Gasteiger partial charge on any atom is 0.201 e. The number of imidazole rings is 1. The van der Waals surface area contributed by atoms with E-state index in [0.717, 1.165) is 12.8 Å². The van der Waals surface area contributed by atoms with Crippen LogP contribution in [0, 0.1) is 5.82 Å². The van der Waals surface area contributed by atoms with Crippen molar-refractivity contribution in [2.24, 2.45) is 0 Å². The highest BCUT2D eigenvalue weighted by Crippen LogP contribution is 2.25. The molecule has 0 aliphatic carbocycles. The van der Waals surface area contributed by atoms with Crippen molar-refractivity contribution in [3.05, 3.63) is 23.0 Å². The minimum Gasteiger partial charge on any atom is -0.379 e. The van der Waals surface area contributed by atoms with Crippen molar-refractivity contribution in [3.8, 4) is 0 Å². The SMILES string of the molecule is CC(C)OCCCCn1c(N)nc2cc(Cl)c(F)cc21. The predicted molar refractivity (Wildman–Crippen MR) is 79.4 cm³/mol. The molecule has 0 aliphatic heterocycles. The van der Waals surface area contributed by atoms with Gasteiger partial charge in [0.1, 0.15) is 5.82 Å². The van der Waals surface area contributed by atoms with Gasteiger partial charge in [0, 0.05) is 19.2 Å². The molecule has 0 saturated heterocycles. The average Bonchev–Trinajstić information content (AvgIpc) is 2.65. The number of hydrogen-bond donors (Lipinski definition) is 1. The third kappa shape index (κ3) is 3.41. The summed E-state index contributed by atoms with van der Waals surface area (Å²) in [5, 5.41) is 0.0625. The van der Waals surface area contributed by atoms with Crippen molar-refractivity contribution in [2.45, 2.75) is 39.3 Å². The van der Waals surface area contributed by atoms with Crippen LogP contribution in [0.1, 0.15) is 26.7 Å². The smallest absolute Gasteiger partial charge is 0.201 e. The van der Waals surface area contributed by atoms with E-state index in [1.54, 1.807) is 0 Å². The molecule has 0 amide bonds. The van der Waals surface area contributed by atoms with Gasteiger partial charge in [0.25, 0.3) is 0 Å². The first-order valence-electron chi connectivity index (χ1n) is 6.71. The van der Waals surface area contributed by atoms with Crippen LogP contribution >= 0.6 is 11.6 Å². The first kappa shape index (κ1) is 15.1. The van der Waals surface area contributed by atoms with E-state index >= 15 is 0 Å². The van der Waals surface area contributed by atoms with E-state index in [4.69, 9.17) is 22.1 Å². The lowest BCUT2D eigenvalue weighted by Gasteiger charge is -2.09. The van der Waals surface area contributed by atoms with Gasteiger partial charge in [0.15, 0.2) is 0 Å². The van der Waals surface area contributed by atoms with Crippen molar-refractivity contribution in [3.63, 3.8) is 0 Å². The fourth-order valence-electron chi connectivity index (χ4n) is 2.06. The summed E-state index contributed by atoms with van der Waals surface area (Å²) in [6.45, 7) is 5.41. The van der Waals surface area contributed by atoms with Gasteiger partial charge in [-0.2, -0.15) is 0 Å². The van der Waals surface area contributed by atoms with Gasteiger partial charge in [-0.15, -0.1) is 0 Å². The van der Waals surface area contributed by atoms with Gasteiger partial charge in [0.05, 0.1) is 22.2 Å². The van der Waals surface area contributed by atoms with E-state index in [2.05, 4.69) is 4.98 Å². The van der Waals surface area contributed by atoms with E-state index in [9.17, 15) is 4.39 Å². The number of hydrogen-bond acceptors (Lipinski definition) is 3. The lowest BCUT2D eigenvalue weighted by molar-refractivity contribution is 0.0755. The van der Waals surface area contributed by atoms with Gasteiger partial charge in [-0.3, -0.25) is 0 Å².